The number of halogens is 1. The third-order valence-corrected chi connectivity index (χ3v) is 5.97. The monoisotopic (exact) mass is 405 g/mol. The average Bonchev–Trinajstić information content (AvgIpc) is 3.35. The molecule has 2 aromatic rings. The minimum absolute atomic E-state index is 0.294. The summed E-state index contributed by atoms with van der Waals surface area (Å²) in [5.74, 6) is -0.606. The molecule has 0 radical (unpaired) electrons. The predicted molar refractivity (Wildman–Crippen MR) is 116 cm³/mol. The number of rotatable bonds is 4. The van der Waals surface area contributed by atoms with Crippen molar-refractivity contribution in [3.05, 3.63) is 59.7 Å². The van der Waals surface area contributed by atoms with E-state index >= 15 is 0 Å². The molecule has 2 atom stereocenters. The van der Waals surface area contributed by atoms with Gasteiger partial charge in [-0.25, -0.2) is 9.38 Å². The summed E-state index contributed by atoms with van der Waals surface area (Å²) in [6, 6.07) is 9.42. The van der Waals surface area contributed by atoms with Crippen LogP contribution in [0.3, 0.4) is 0 Å². The lowest BCUT2D eigenvalue weighted by Crippen LogP contribution is -2.51. The Hall–Kier alpha value is -3.06. The van der Waals surface area contributed by atoms with Crippen molar-refractivity contribution in [1.29, 1.82) is 0 Å². The number of hydrogen-bond donors (Lipinski definition) is 2. The summed E-state index contributed by atoms with van der Waals surface area (Å²) in [5, 5.41) is 6.46. The molecule has 5 rings (SSSR count). The standard InChI is InChI=1S/C23H24FN5O/c1-14-11-15(9-10-25-14)19-7-8-21(27-19)23(30)28-20-4-2-3-18(24)22(20)29-12-16-5-6-17(13-29)26-16/h2-4,7,9-11,16-17,26H,5-6,8,12-13H2,1H3,(H,28,30). The summed E-state index contributed by atoms with van der Waals surface area (Å²) in [7, 11) is 0. The van der Waals surface area contributed by atoms with E-state index in [0.717, 1.165) is 42.9 Å². The van der Waals surface area contributed by atoms with Crippen LogP contribution in [0.5, 0.6) is 0 Å². The number of anilines is 2. The number of nitrogens with zero attached hydrogens (tertiary/aromatic N) is 3. The molecule has 0 saturated carbocycles. The van der Waals surface area contributed by atoms with Gasteiger partial charge in [-0.05, 0) is 44.0 Å². The molecule has 30 heavy (non-hydrogen) atoms. The molecule has 6 nitrogen and oxygen atoms in total. The van der Waals surface area contributed by atoms with Gasteiger partial charge in [-0.15, -0.1) is 0 Å². The van der Waals surface area contributed by atoms with Crippen LogP contribution in [0.15, 0.2) is 47.6 Å². The first kappa shape index (κ1) is 18.9. The molecule has 0 aliphatic carbocycles. The van der Waals surface area contributed by atoms with Gasteiger partial charge in [-0.3, -0.25) is 9.78 Å². The fourth-order valence-corrected chi connectivity index (χ4v) is 4.57. The SMILES string of the molecule is Cc1cc(C2=CCC(C(=O)Nc3cccc(F)c3N3CC4CCC(C3)N4)=N2)ccn1. The number of nitrogens with one attached hydrogen (secondary N) is 2. The van der Waals surface area contributed by atoms with Gasteiger partial charge in [0, 0.05) is 49.0 Å². The molecule has 0 spiro atoms. The maximum Gasteiger partial charge on any atom is 0.270 e. The number of carbonyl (C=O) groups is 1. The van der Waals surface area contributed by atoms with Crippen molar-refractivity contribution < 1.29 is 9.18 Å². The van der Waals surface area contributed by atoms with Crippen LogP contribution < -0.4 is 15.5 Å². The van der Waals surface area contributed by atoms with Crippen LogP contribution in [-0.2, 0) is 4.79 Å². The highest BCUT2D eigenvalue weighted by Crippen LogP contribution is 2.33. The molecule has 1 amide bonds. The van der Waals surface area contributed by atoms with Gasteiger partial charge in [0.05, 0.1) is 17.1 Å². The highest BCUT2D eigenvalue weighted by molar-refractivity contribution is 6.45. The Morgan fingerprint density at radius 3 is 2.80 bits per heavy atom. The summed E-state index contributed by atoms with van der Waals surface area (Å²) < 4.78 is 14.8. The number of fused-ring (bicyclic) bond motifs is 2. The summed E-state index contributed by atoms with van der Waals surface area (Å²) in [4.78, 5) is 23.7. The maximum absolute atomic E-state index is 14.8. The Kier molecular flexibility index (Phi) is 4.83. The molecule has 4 heterocycles. The Morgan fingerprint density at radius 1 is 1.23 bits per heavy atom. The third-order valence-electron chi connectivity index (χ3n) is 5.97. The fourth-order valence-electron chi connectivity index (χ4n) is 4.57. The average molecular weight is 405 g/mol. The predicted octanol–water partition coefficient (Wildman–Crippen LogP) is 3.29. The van der Waals surface area contributed by atoms with Crippen molar-refractivity contribution in [2.75, 3.05) is 23.3 Å². The van der Waals surface area contributed by atoms with Gasteiger partial charge in [0.15, 0.2) is 0 Å². The van der Waals surface area contributed by atoms with Gasteiger partial charge in [0.2, 0.25) is 0 Å². The highest BCUT2D eigenvalue weighted by atomic mass is 19.1. The van der Waals surface area contributed by atoms with Gasteiger partial charge < -0.3 is 15.5 Å². The molecule has 154 valence electrons. The normalized spacial score (nSPS) is 22.7. The largest absolute Gasteiger partial charge is 0.364 e. The Balaban J connectivity index is 1.36. The highest BCUT2D eigenvalue weighted by Gasteiger charge is 2.34. The first-order valence-electron chi connectivity index (χ1n) is 10.4. The Labute approximate surface area is 174 Å². The van der Waals surface area contributed by atoms with Crippen molar-refractivity contribution in [1.82, 2.24) is 10.3 Å². The lowest BCUT2D eigenvalue weighted by atomic mass is 10.1. The van der Waals surface area contributed by atoms with E-state index < -0.39 is 0 Å². The Bertz CT molecular complexity index is 1050. The first-order chi connectivity index (χ1) is 14.6. The van der Waals surface area contributed by atoms with E-state index in [1.165, 1.54) is 6.07 Å². The van der Waals surface area contributed by atoms with Crippen molar-refractivity contribution in [3.63, 3.8) is 0 Å². The molecule has 1 aromatic heterocycles. The van der Waals surface area contributed by atoms with Crippen LogP contribution >= 0.6 is 0 Å². The van der Waals surface area contributed by atoms with E-state index in [-0.39, 0.29) is 11.7 Å². The number of aliphatic imine (C=N–C) groups is 1. The van der Waals surface area contributed by atoms with Crippen molar-refractivity contribution in [3.8, 4) is 0 Å². The third kappa shape index (κ3) is 3.61. The van der Waals surface area contributed by atoms with Crippen LogP contribution in [0.1, 0.15) is 30.5 Å². The van der Waals surface area contributed by atoms with Crippen LogP contribution in [0.4, 0.5) is 15.8 Å². The van der Waals surface area contributed by atoms with Gasteiger partial charge in [0.25, 0.3) is 5.91 Å². The number of hydrogen-bond acceptors (Lipinski definition) is 5. The molecule has 2 N–H and O–H groups in total. The number of benzene rings is 1. The van der Waals surface area contributed by atoms with Crippen LogP contribution in [0, 0.1) is 12.7 Å². The number of para-hydroxylation sites is 1. The van der Waals surface area contributed by atoms with E-state index in [4.69, 9.17) is 0 Å². The number of pyridine rings is 1. The number of aromatic nitrogens is 1. The van der Waals surface area contributed by atoms with Gasteiger partial charge in [0.1, 0.15) is 11.5 Å². The summed E-state index contributed by atoms with van der Waals surface area (Å²) >= 11 is 0. The zero-order chi connectivity index (χ0) is 20.7. The maximum atomic E-state index is 14.8. The number of aryl methyl sites for hydroxylation is 1. The van der Waals surface area contributed by atoms with Gasteiger partial charge in [-0.1, -0.05) is 12.1 Å². The molecular formula is C23H24FN5O. The number of piperazine rings is 1. The van der Waals surface area contributed by atoms with E-state index in [2.05, 4.69) is 25.5 Å². The van der Waals surface area contributed by atoms with Crippen LogP contribution in [0.25, 0.3) is 5.70 Å². The molecule has 1 aromatic carbocycles. The molecule has 2 saturated heterocycles. The van der Waals surface area contributed by atoms with Gasteiger partial charge >= 0.3 is 0 Å². The molecular weight excluding hydrogens is 381 g/mol. The molecule has 3 aliphatic rings. The number of allylic oxidation sites excluding steroid dienone is 1. The second-order valence-electron chi connectivity index (χ2n) is 8.17. The number of carbonyl (C=O) groups excluding carboxylic acids is 1. The minimum atomic E-state index is -0.312. The lowest BCUT2D eigenvalue weighted by molar-refractivity contribution is -0.110. The first-order valence-corrected chi connectivity index (χ1v) is 10.4. The lowest BCUT2D eigenvalue weighted by Gasteiger charge is -2.35. The van der Waals surface area contributed by atoms with Gasteiger partial charge in [-0.2, -0.15) is 0 Å². The van der Waals surface area contributed by atoms with Crippen LogP contribution in [-0.4, -0.2) is 41.8 Å². The summed E-state index contributed by atoms with van der Waals surface area (Å²) in [6.45, 7) is 3.41. The molecule has 2 unspecified atom stereocenters. The quantitative estimate of drug-likeness (QED) is 0.819. The molecule has 7 heteroatoms. The second kappa shape index (κ2) is 7.65. The number of amides is 1. The van der Waals surface area contributed by atoms with E-state index in [0.29, 0.717) is 35.6 Å². The van der Waals surface area contributed by atoms with Crippen LogP contribution in [0.2, 0.25) is 0 Å². The van der Waals surface area contributed by atoms with E-state index in [1.807, 2.05) is 25.1 Å². The zero-order valence-electron chi connectivity index (χ0n) is 16.9. The second-order valence-corrected chi connectivity index (χ2v) is 8.17. The topological polar surface area (TPSA) is 69.6 Å². The fraction of sp³-hybridized carbons (Fsp3) is 0.348. The smallest absolute Gasteiger partial charge is 0.270 e. The van der Waals surface area contributed by atoms with E-state index in [9.17, 15) is 9.18 Å². The zero-order valence-corrected chi connectivity index (χ0v) is 16.9. The van der Waals surface area contributed by atoms with Crippen molar-refractivity contribution in [2.45, 2.75) is 38.3 Å². The summed E-state index contributed by atoms with van der Waals surface area (Å²) in [5.41, 5.74) is 4.00. The van der Waals surface area contributed by atoms with Crippen molar-refractivity contribution in [2.24, 2.45) is 4.99 Å². The minimum Gasteiger partial charge on any atom is -0.364 e. The summed E-state index contributed by atoms with van der Waals surface area (Å²) in [6.07, 6.45) is 6.34. The Morgan fingerprint density at radius 2 is 2.03 bits per heavy atom. The van der Waals surface area contributed by atoms with Crippen molar-refractivity contribution >= 4 is 28.7 Å². The van der Waals surface area contributed by atoms with E-state index in [1.54, 1.807) is 18.3 Å². The molecule has 2 fully saturated rings. The molecule has 3 aliphatic heterocycles. The molecule has 2 bridgehead atoms.